The average molecular weight is 926 g/mol. The van der Waals surface area contributed by atoms with Crippen LogP contribution in [0.3, 0.4) is 0 Å². The first-order valence-electron chi connectivity index (χ1n) is 29.6. The monoisotopic (exact) mass is 925 g/mol. The van der Waals surface area contributed by atoms with Gasteiger partial charge in [-0.25, -0.2) is 0 Å². The molecule has 9 rings (SSSR count). The van der Waals surface area contributed by atoms with Crippen molar-refractivity contribution in [2.45, 2.75) is 225 Å². The third kappa shape index (κ3) is 9.97. The summed E-state index contributed by atoms with van der Waals surface area (Å²) >= 11 is 0. The Labute approximate surface area is 412 Å². The number of ketones is 4. The molecule has 1 spiro atoms. The molecule has 9 fully saturated rings. The lowest BCUT2D eigenvalue weighted by atomic mass is 9.45. The molecule has 0 heterocycles. The molecular formula is C63H104O4. The number of hydrogen-bond acceptors (Lipinski definition) is 4. The third-order valence-electron chi connectivity index (χ3n) is 24.4. The van der Waals surface area contributed by atoms with Crippen molar-refractivity contribution in [3.8, 4) is 0 Å². The van der Waals surface area contributed by atoms with Crippen LogP contribution in [0.5, 0.6) is 0 Å². The number of Topliss-reactive ketones (excluding diaryl/α,β-unsaturated/α-hetero) is 4. The highest BCUT2D eigenvalue weighted by molar-refractivity contribution is 5.89. The second kappa shape index (κ2) is 19.9. The van der Waals surface area contributed by atoms with Gasteiger partial charge in [-0.2, -0.15) is 0 Å². The van der Waals surface area contributed by atoms with E-state index in [4.69, 9.17) is 0 Å². The first kappa shape index (κ1) is 52.0. The fourth-order valence-electron chi connectivity index (χ4n) is 19.9. The molecule has 9 aliphatic carbocycles. The van der Waals surface area contributed by atoms with Gasteiger partial charge in [-0.05, 0) is 214 Å². The Morgan fingerprint density at radius 2 is 1.25 bits per heavy atom. The van der Waals surface area contributed by atoms with E-state index < -0.39 is 0 Å². The van der Waals surface area contributed by atoms with Crippen LogP contribution in [0.25, 0.3) is 0 Å². The van der Waals surface area contributed by atoms with Crippen LogP contribution in [0, 0.1) is 146 Å². The summed E-state index contributed by atoms with van der Waals surface area (Å²) in [5.74, 6) is 9.51. The van der Waals surface area contributed by atoms with Crippen LogP contribution >= 0.6 is 0 Å². The van der Waals surface area contributed by atoms with Gasteiger partial charge in [0.15, 0.2) is 0 Å². The minimum Gasteiger partial charge on any atom is -0.299 e. The van der Waals surface area contributed by atoms with Crippen molar-refractivity contribution in [1.82, 2.24) is 0 Å². The first-order valence-corrected chi connectivity index (χ1v) is 29.6. The molecule has 0 aromatic rings. The number of fused-ring (bicyclic) bond motifs is 17. The van der Waals surface area contributed by atoms with E-state index in [1.807, 2.05) is 0 Å². The van der Waals surface area contributed by atoms with E-state index in [1.54, 1.807) is 0 Å². The predicted molar refractivity (Wildman–Crippen MR) is 276 cm³/mol. The summed E-state index contributed by atoms with van der Waals surface area (Å²) in [5.41, 5.74) is -0.349. The van der Waals surface area contributed by atoms with Crippen molar-refractivity contribution in [2.24, 2.45) is 146 Å². The van der Waals surface area contributed by atoms with Gasteiger partial charge in [0.2, 0.25) is 0 Å². The first-order chi connectivity index (χ1) is 31.5. The van der Waals surface area contributed by atoms with Crippen molar-refractivity contribution < 1.29 is 19.2 Å². The molecule has 9 saturated carbocycles. The van der Waals surface area contributed by atoms with Gasteiger partial charge in [0.05, 0.1) is 0 Å². The molecule has 0 saturated heterocycles. The van der Waals surface area contributed by atoms with Gasteiger partial charge < -0.3 is 0 Å². The fourth-order valence-corrected chi connectivity index (χ4v) is 19.9. The van der Waals surface area contributed by atoms with Gasteiger partial charge >= 0.3 is 0 Å². The van der Waals surface area contributed by atoms with Crippen molar-refractivity contribution in [3.63, 3.8) is 0 Å². The van der Waals surface area contributed by atoms with Gasteiger partial charge in [-0.3, -0.25) is 19.2 Å². The SMILES string of the molecule is CC(C)CC1C2CC(=O)C(C)[C@H]3CC4(C[C@@](C)(CC[C@@H]4C)C3)C(=O)C3CC(C[C@]4(C)CC(=O)[C@H](C)C5CC(C)C(C(=O)[C@H](C)C[C@H](C)[C@@H](C)CC1C[C@H](C2)C[C@H]4C)C(C)C5C)C1CCCCC31. The number of carbonyl (C=O) groups is 4. The average Bonchev–Trinajstić information content (AvgIpc) is 3.62. The molecule has 0 amide bonds. The smallest absolute Gasteiger partial charge is 0.142 e. The maximum atomic E-state index is 16.0. The van der Waals surface area contributed by atoms with Gasteiger partial charge in [0, 0.05) is 47.8 Å². The van der Waals surface area contributed by atoms with Crippen molar-refractivity contribution >= 4 is 23.1 Å². The summed E-state index contributed by atoms with van der Waals surface area (Å²) in [6, 6.07) is 0. The Hall–Kier alpha value is -1.32. The van der Waals surface area contributed by atoms with Crippen LogP contribution in [-0.4, -0.2) is 23.1 Å². The van der Waals surface area contributed by atoms with Crippen molar-refractivity contribution in [2.75, 3.05) is 0 Å². The zero-order valence-corrected chi connectivity index (χ0v) is 46.0. The molecular weight excluding hydrogens is 821 g/mol. The maximum absolute atomic E-state index is 16.0. The Morgan fingerprint density at radius 3 is 1.96 bits per heavy atom. The minimum absolute atomic E-state index is 0.00987. The molecule has 9 aliphatic rings. The van der Waals surface area contributed by atoms with E-state index in [9.17, 15) is 4.79 Å². The molecule has 67 heavy (non-hydrogen) atoms. The highest BCUT2D eigenvalue weighted by Crippen LogP contribution is 2.65. The van der Waals surface area contributed by atoms with E-state index in [2.05, 4.69) is 96.9 Å². The second-order valence-electron chi connectivity index (χ2n) is 29.2. The molecule has 380 valence electrons. The van der Waals surface area contributed by atoms with E-state index in [1.165, 1.54) is 51.4 Å². The Kier molecular flexibility index (Phi) is 15.5. The lowest BCUT2D eigenvalue weighted by Crippen LogP contribution is -2.54. The van der Waals surface area contributed by atoms with Crippen LogP contribution in [0.15, 0.2) is 0 Å². The highest BCUT2D eigenvalue weighted by Gasteiger charge is 2.61. The highest BCUT2D eigenvalue weighted by atomic mass is 16.1. The number of carbonyl (C=O) groups excluding carboxylic acids is 4. The standard InChI is InChI=1S/C63H104O4/c1-35(2)21-54-47-23-37(4)36(3)22-39(6)59(66)58-38(5)24-53(42(9)43(58)10)45(12)57(65)33-62(14)31-49-28-55(52-18-16-15-17-51(49)52)60(67)63-32-50(30-61(13,34-63)20-19-40(63)7)44(11)56(64)29-48(54)27-46(26-47)25-41(62)8/h35-55,58H,15-34H2,1-14H3/t36-,37-,38?,39+,40-,41+,42?,43?,44?,45+,46+,47?,48?,49?,50+,51?,52?,53?,54?,55?,58?,61-,62+,63?/m0/s1. The van der Waals surface area contributed by atoms with E-state index >= 15 is 14.4 Å². The molecule has 0 aromatic heterocycles. The van der Waals surface area contributed by atoms with E-state index in [0.29, 0.717) is 119 Å². The molecule has 11 bridgehead atoms. The van der Waals surface area contributed by atoms with Crippen LogP contribution in [0.4, 0.5) is 0 Å². The van der Waals surface area contributed by atoms with Crippen LogP contribution in [-0.2, 0) is 19.2 Å². The molecule has 24 atom stereocenters. The molecule has 0 aliphatic heterocycles. The summed E-state index contributed by atoms with van der Waals surface area (Å²) in [6.45, 7) is 33.6. The normalized spacial score (nSPS) is 52.7. The molecule has 0 radical (unpaired) electrons. The zero-order chi connectivity index (χ0) is 48.7. The summed E-state index contributed by atoms with van der Waals surface area (Å²) in [7, 11) is 0. The summed E-state index contributed by atoms with van der Waals surface area (Å²) in [4.78, 5) is 61.4. The van der Waals surface area contributed by atoms with Crippen molar-refractivity contribution in [3.05, 3.63) is 0 Å². The molecule has 4 nitrogen and oxygen atoms in total. The lowest BCUT2D eigenvalue weighted by Gasteiger charge is -2.57. The van der Waals surface area contributed by atoms with Gasteiger partial charge in [-0.1, -0.05) is 110 Å². The van der Waals surface area contributed by atoms with Gasteiger partial charge in [0.1, 0.15) is 23.1 Å². The predicted octanol–water partition coefficient (Wildman–Crippen LogP) is 16.0. The van der Waals surface area contributed by atoms with Crippen LogP contribution in [0.1, 0.15) is 225 Å². The Morgan fingerprint density at radius 1 is 0.582 bits per heavy atom. The molecule has 14 unspecified atom stereocenters. The number of hydrogen-bond donors (Lipinski definition) is 0. The zero-order valence-electron chi connectivity index (χ0n) is 46.0. The van der Waals surface area contributed by atoms with Gasteiger partial charge in [0.25, 0.3) is 0 Å². The van der Waals surface area contributed by atoms with E-state index in [-0.39, 0.29) is 63.6 Å². The third-order valence-corrected chi connectivity index (χ3v) is 24.4. The van der Waals surface area contributed by atoms with Gasteiger partial charge in [-0.15, -0.1) is 0 Å². The second-order valence-corrected chi connectivity index (χ2v) is 29.2. The van der Waals surface area contributed by atoms with E-state index in [0.717, 1.165) is 64.2 Å². The minimum atomic E-state index is -0.315. The number of rotatable bonds is 2. The fraction of sp³-hybridized carbons (Fsp3) is 0.937. The molecule has 4 heteroatoms. The molecule has 0 aromatic carbocycles. The van der Waals surface area contributed by atoms with Crippen LogP contribution < -0.4 is 0 Å². The summed E-state index contributed by atoms with van der Waals surface area (Å²) in [6.07, 6.45) is 21.6. The lowest BCUT2D eigenvalue weighted by molar-refractivity contribution is -0.155. The quantitative estimate of drug-likeness (QED) is 0.277. The summed E-state index contributed by atoms with van der Waals surface area (Å²) < 4.78 is 0. The Bertz CT molecular complexity index is 1800. The Balaban J connectivity index is 1.25. The largest absolute Gasteiger partial charge is 0.299 e. The topological polar surface area (TPSA) is 68.3 Å². The van der Waals surface area contributed by atoms with Crippen LogP contribution in [0.2, 0.25) is 0 Å². The van der Waals surface area contributed by atoms with Crippen molar-refractivity contribution in [1.29, 1.82) is 0 Å². The molecule has 0 N–H and O–H groups in total. The summed E-state index contributed by atoms with van der Waals surface area (Å²) in [5, 5.41) is 0. The maximum Gasteiger partial charge on any atom is 0.142 e.